The van der Waals surface area contributed by atoms with E-state index in [1.54, 1.807) is 22.7 Å². The number of benzene rings is 2. The second-order valence-corrected chi connectivity index (χ2v) is 5.49. The first-order chi connectivity index (χ1) is 12.8. The first-order valence-electron chi connectivity index (χ1n) is 8.10. The number of hydrogen-bond acceptors (Lipinski definition) is 7. The highest BCUT2D eigenvalue weighted by atomic mass is 16.5. The summed E-state index contributed by atoms with van der Waals surface area (Å²) in [5, 5.41) is 28.7. The first-order valence-corrected chi connectivity index (χ1v) is 8.10. The Morgan fingerprint density at radius 1 is 1.19 bits per heavy atom. The first kappa shape index (κ1) is 15.8. The molecule has 2 aromatic carbocycles. The number of rotatable bonds is 5. The number of ether oxygens (including phenoxy) is 1. The minimum absolute atomic E-state index is 0.0481. The normalized spacial score (nSPS) is 11.4. The van der Waals surface area contributed by atoms with Gasteiger partial charge in [0.25, 0.3) is 0 Å². The lowest BCUT2D eigenvalue weighted by molar-refractivity contribution is 0.318. The number of aromatic nitrogens is 4. The molecule has 0 amide bonds. The van der Waals surface area contributed by atoms with Crippen molar-refractivity contribution < 1.29 is 9.84 Å². The SMILES string of the molecule is CCOc1cccc(C=NNc2nn3cnnc3c3ccccc23)c1O. The van der Waals surface area contributed by atoms with Gasteiger partial charge in [0, 0.05) is 16.3 Å². The van der Waals surface area contributed by atoms with E-state index >= 15 is 0 Å². The predicted molar refractivity (Wildman–Crippen MR) is 98.8 cm³/mol. The third kappa shape index (κ3) is 2.77. The molecule has 0 saturated heterocycles. The molecular weight excluding hydrogens is 332 g/mol. The predicted octanol–water partition coefficient (Wildman–Crippen LogP) is 2.83. The zero-order chi connectivity index (χ0) is 17.9. The van der Waals surface area contributed by atoms with Gasteiger partial charge < -0.3 is 9.84 Å². The van der Waals surface area contributed by atoms with Gasteiger partial charge in [-0.1, -0.05) is 30.3 Å². The lowest BCUT2D eigenvalue weighted by atomic mass is 10.2. The van der Waals surface area contributed by atoms with Crippen LogP contribution in [0.4, 0.5) is 5.82 Å². The average molecular weight is 348 g/mol. The summed E-state index contributed by atoms with van der Waals surface area (Å²) in [7, 11) is 0. The van der Waals surface area contributed by atoms with Crippen LogP contribution in [0.25, 0.3) is 16.4 Å². The number of phenolic OH excluding ortho intramolecular Hbond substituents is 1. The Morgan fingerprint density at radius 2 is 2.04 bits per heavy atom. The summed E-state index contributed by atoms with van der Waals surface area (Å²) >= 11 is 0. The van der Waals surface area contributed by atoms with E-state index in [0.717, 1.165) is 10.8 Å². The fourth-order valence-corrected chi connectivity index (χ4v) is 2.69. The monoisotopic (exact) mass is 348 g/mol. The van der Waals surface area contributed by atoms with Gasteiger partial charge >= 0.3 is 0 Å². The van der Waals surface area contributed by atoms with E-state index in [1.165, 1.54) is 12.5 Å². The molecule has 8 heteroatoms. The molecular formula is C18H16N6O2. The Balaban J connectivity index is 1.67. The maximum absolute atomic E-state index is 10.2. The molecule has 2 N–H and O–H groups in total. The van der Waals surface area contributed by atoms with Crippen LogP contribution in [0, 0.1) is 0 Å². The summed E-state index contributed by atoms with van der Waals surface area (Å²) in [6.07, 6.45) is 3.05. The van der Waals surface area contributed by atoms with E-state index < -0.39 is 0 Å². The molecule has 130 valence electrons. The Bertz CT molecular complexity index is 1110. The van der Waals surface area contributed by atoms with Crippen LogP contribution in [-0.2, 0) is 0 Å². The minimum Gasteiger partial charge on any atom is -0.504 e. The molecule has 2 aromatic heterocycles. The maximum atomic E-state index is 10.2. The van der Waals surface area contributed by atoms with Crippen LogP contribution in [-0.4, -0.2) is 37.7 Å². The number of phenols is 1. The standard InChI is InChI=1S/C18H16N6O2/c1-2-26-15-9-5-6-12(16(15)25)10-19-21-17-13-7-3-4-8-14(13)18-22-20-11-24(18)23-17/h3-11,25H,2H2,1H3,(H,21,23). The smallest absolute Gasteiger partial charge is 0.185 e. The Morgan fingerprint density at radius 3 is 2.88 bits per heavy atom. The fraction of sp³-hybridized carbons (Fsp3) is 0.111. The van der Waals surface area contributed by atoms with Crippen LogP contribution in [0.1, 0.15) is 12.5 Å². The van der Waals surface area contributed by atoms with E-state index in [9.17, 15) is 5.11 Å². The van der Waals surface area contributed by atoms with Gasteiger partial charge in [0.1, 0.15) is 6.33 Å². The van der Waals surface area contributed by atoms with Gasteiger partial charge in [-0.25, -0.2) is 0 Å². The van der Waals surface area contributed by atoms with Crippen molar-refractivity contribution in [1.82, 2.24) is 19.8 Å². The molecule has 0 saturated carbocycles. The van der Waals surface area contributed by atoms with Crippen LogP contribution in [0.3, 0.4) is 0 Å². The zero-order valence-corrected chi connectivity index (χ0v) is 14.0. The molecule has 4 aromatic rings. The number of hydrazone groups is 1. The van der Waals surface area contributed by atoms with E-state index in [-0.39, 0.29) is 5.75 Å². The lowest BCUT2D eigenvalue weighted by Crippen LogP contribution is -2.00. The molecule has 0 spiro atoms. The molecule has 0 aliphatic heterocycles. The molecule has 0 unspecified atom stereocenters. The number of para-hydroxylation sites is 1. The highest BCUT2D eigenvalue weighted by Gasteiger charge is 2.09. The molecule has 0 aliphatic rings. The fourth-order valence-electron chi connectivity index (χ4n) is 2.69. The van der Waals surface area contributed by atoms with Crippen molar-refractivity contribution in [3.8, 4) is 11.5 Å². The second-order valence-electron chi connectivity index (χ2n) is 5.49. The molecule has 0 fully saturated rings. The third-order valence-corrected chi connectivity index (χ3v) is 3.87. The Hall–Kier alpha value is -3.68. The molecule has 0 radical (unpaired) electrons. The lowest BCUT2D eigenvalue weighted by Gasteiger charge is -2.08. The van der Waals surface area contributed by atoms with Gasteiger partial charge in [-0.3, -0.25) is 5.43 Å². The van der Waals surface area contributed by atoms with Crippen LogP contribution in [0.5, 0.6) is 11.5 Å². The highest BCUT2D eigenvalue weighted by molar-refractivity contribution is 6.00. The maximum Gasteiger partial charge on any atom is 0.185 e. The largest absolute Gasteiger partial charge is 0.504 e. The van der Waals surface area contributed by atoms with E-state index in [4.69, 9.17) is 4.74 Å². The van der Waals surface area contributed by atoms with E-state index in [0.29, 0.717) is 29.4 Å². The molecule has 4 rings (SSSR count). The van der Waals surface area contributed by atoms with E-state index in [2.05, 4.69) is 25.8 Å². The highest BCUT2D eigenvalue weighted by Crippen LogP contribution is 2.29. The summed E-state index contributed by atoms with van der Waals surface area (Å²) in [4.78, 5) is 0. The number of anilines is 1. The third-order valence-electron chi connectivity index (χ3n) is 3.87. The molecule has 2 heterocycles. The number of nitrogens with one attached hydrogen (secondary N) is 1. The molecule has 0 aliphatic carbocycles. The van der Waals surface area contributed by atoms with Crippen LogP contribution in [0.15, 0.2) is 53.9 Å². The van der Waals surface area contributed by atoms with Crippen molar-refractivity contribution in [2.24, 2.45) is 5.10 Å². The van der Waals surface area contributed by atoms with Gasteiger partial charge in [-0.2, -0.15) is 9.62 Å². The second kappa shape index (κ2) is 6.67. The number of hydrogen-bond donors (Lipinski definition) is 2. The molecule has 8 nitrogen and oxygen atoms in total. The van der Waals surface area contributed by atoms with Crippen LogP contribution in [0.2, 0.25) is 0 Å². The summed E-state index contributed by atoms with van der Waals surface area (Å²) in [5.74, 6) is 1.03. The summed E-state index contributed by atoms with van der Waals surface area (Å²) in [5.41, 5.74) is 4.14. The van der Waals surface area contributed by atoms with Crippen molar-refractivity contribution in [3.05, 3.63) is 54.4 Å². The average Bonchev–Trinajstić information content (AvgIpc) is 3.13. The topological polar surface area (TPSA) is 96.9 Å². The summed E-state index contributed by atoms with van der Waals surface area (Å²) in [6, 6.07) is 13.0. The Kier molecular flexibility index (Phi) is 4.06. The Labute approximate surface area is 148 Å². The number of nitrogens with zero attached hydrogens (tertiary/aromatic N) is 5. The quantitative estimate of drug-likeness (QED) is 0.425. The summed E-state index contributed by atoms with van der Waals surface area (Å²) in [6.45, 7) is 2.33. The van der Waals surface area contributed by atoms with Crippen LogP contribution < -0.4 is 10.2 Å². The van der Waals surface area contributed by atoms with Gasteiger partial charge in [-0.15, -0.1) is 15.3 Å². The van der Waals surface area contributed by atoms with Crippen LogP contribution >= 0.6 is 0 Å². The molecule has 26 heavy (non-hydrogen) atoms. The van der Waals surface area contributed by atoms with Gasteiger partial charge in [0.15, 0.2) is 23.0 Å². The van der Waals surface area contributed by atoms with E-state index in [1.807, 2.05) is 31.2 Å². The number of fused-ring (bicyclic) bond motifs is 3. The molecule has 0 bridgehead atoms. The van der Waals surface area contributed by atoms with Gasteiger partial charge in [0.2, 0.25) is 0 Å². The van der Waals surface area contributed by atoms with Crippen molar-refractivity contribution in [1.29, 1.82) is 0 Å². The van der Waals surface area contributed by atoms with Crippen molar-refractivity contribution in [3.63, 3.8) is 0 Å². The van der Waals surface area contributed by atoms with Crippen molar-refractivity contribution in [2.75, 3.05) is 12.0 Å². The van der Waals surface area contributed by atoms with Gasteiger partial charge in [0.05, 0.1) is 12.8 Å². The minimum atomic E-state index is 0.0481. The summed E-state index contributed by atoms with van der Waals surface area (Å²) < 4.78 is 6.97. The number of aromatic hydroxyl groups is 1. The zero-order valence-electron chi connectivity index (χ0n) is 14.0. The van der Waals surface area contributed by atoms with Crippen molar-refractivity contribution >= 4 is 28.5 Å². The molecule has 0 atom stereocenters. The van der Waals surface area contributed by atoms with Crippen molar-refractivity contribution in [2.45, 2.75) is 6.92 Å². The van der Waals surface area contributed by atoms with Gasteiger partial charge in [-0.05, 0) is 19.1 Å².